The van der Waals surface area contributed by atoms with Crippen molar-refractivity contribution in [1.82, 2.24) is 0 Å². The maximum absolute atomic E-state index is 9.99. The molecule has 0 aliphatic carbocycles. The molecule has 0 aliphatic rings. The molecule has 0 fully saturated rings. The van der Waals surface area contributed by atoms with Gasteiger partial charge in [-0.1, -0.05) is 0 Å². The van der Waals surface area contributed by atoms with Gasteiger partial charge in [0.25, 0.3) is 0 Å². The molecule has 0 atom stereocenters. The van der Waals surface area contributed by atoms with Gasteiger partial charge < -0.3 is 18.9 Å². The molecule has 2 heterocycles. The first-order valence-electron chi connectivity index (χ1n) is 4.54. The van der Waals surface area contributed by atoms with E-state index >= 15 is 0 Å². The molecule has 0 saturated heterocycles. The molecule has 6 heteroatoms. The second kappa shape index (κ2) is 5.94. The highest BCUT2D eigenvalue weighted by molar-refractivity contribution is 6.57. The van der Waals surface area contributed by atoms with Gasteiger partial charge in [0.05, 0.1) is 6.26 Å². The summed E-state index contributed by atoms with van der Waals surface area (Å²) in [6.45, 7) is 1.92. The molecule has 0 radical (unpaired) electrons. The Bertz CT molecular complexity index is 418. The van der Waals surface area contributed by atoms with Gasteiger partial charge in [0.1, 0.15) is 11.4 Å². The lowest BCUT2D eigenvalue weighted by atomic mass is 9.88. The molecule has 0 saturated carbocycles. The quantitative estimate of drug-likeness (QED) is 0.566. The van der Waals surface area contributed by atoms with E-state index in [2.05, 4.69) is 4.42 Å². The number of furan rings is 2. The summed E-state index contributed by atoms with van der Waals surface area (Å²) in [6.07, 6.45) is 2.15. The van der Waals surface area contributed by atoms with Gasteiger partial charge in [-0.05, 0) is 31.2 Å². The summed E-state index contributed by atoms with van der Waals surface area (Å²) in [7, 11) is -1.64. The Labute approximate surface area is 92.5 Å². The molecule has 0 amide bonds. The van der Waals surface area contributed by atoms with Crippen molar-refractivity contribution in [3.63, 3.8) is 0 Å². The normalized spacial score (nSPS) is 9.19. The maximum Gasteiger partial charge on any atom is 0.526 e. The van der Waals surface area contributed by atoms with E-state index in [9.17, 15) is 4.79 Å². The molecule has 16 heavy (non-hydrogen) atoms. The Morgan fingerprint density at radius 3 is 2.31 bits per heavy atom. The lowest BCUT2D eigenvalue weighted by Gasteiger charge is -1.88. The van der Waals surface area contributed by atoms with E-state index < -0.39 is 7.12 Å². The number of hydrogen-bond donors (Lipinski definition) is 2. The van der Waals surface area contributed by atoms with Gasteiger partial charge in [0, 0.05) is 0 Å². The summed E-state index contributed by atoms with van der Waals surface area (Å²) in [6, 6.07) is 6.48. The molecule has 84 valence electrons. The molecular formula is C10H11BO5. The number of aldehydes is 1. The summed E-state index contributed by atoms with van der Waals surface area (Å²) < 4.78 is 9.46. The minimum atomic E-state index is -1.64. The van der Waals surface area contributed by atoms with Gasteiger partial charge >= 0.3 is 7.12 Å². The first-order valence-corrected chi connectivity index (χ1v) is 4.54. The summed E-state index contributed by atoms with van der Waals surface area (Å²) in [5.41, 5.74) is -0.0258. The van der Waals surface area contributed by atoms with Crippen LogP contribution in [0.3, 0.4) is 0 Å². The lowest BCUT2D eigenvalue weighted by molar-refractivity contribution is 0.110. The zero-order chi connectivity index (χ0) is 12.0. The maximum atomic E-state index is 9.99. The molecule has 2 aromatic heterocycles. The Kier molecular flexibility index (Phi) is 4.56. The van der Waals surface area contributed by atoms with Crippen molar-refractivity contribution in [2.45, 2.75) is 6.92 Å². The van der Waals surface area contributed by atoms with Crippen LogP contribution < -0.4 is 5.66 Å². The number of carbonyl (C=O) groups is 1. The van der Waals surface area contributed by atoms with Crippen molar-refractivity contribution >= 4 is 19.1 Å². The second-order valence-electron chi connectivity index (χ2n) is 2.96. The molecule has 0 bridgehead atoms. The minimum Gasteiger partial charge on any atom is -0.470 e. The number of aryl methyl sites for hydroxylation is 1. The van der Waals surface area contributed by atoms with Crippen LogP contribution in [0, 0.1) is 6.92 Å². The zero-order valence-electron chi connectivity index (χ0n) is 8.66. The van der Waals surface area contributed by atoms with E-state index in [4.69, 9.17) is 14.5 Å². The molecule has 0 spiro atoms. The molecule has 0 aromatic carbocycles. The second-order valence-corrected chi connectivity index (χ2v) is 2.96. The number of hydrogen-bond acceptors (Lipinski definition) is 5. The van der Waals surface area contributed by atoms with Crippen molar-refractivity contribution in [2.24, 2.45) is 0 Å². The lowest BCUT2D eigenvalue weighted by Crippen LogP contribution is -2.27. The molecule has 0 aliphatic heterocycles. The third-order valence-corrected chi connectivity index (χ3v) is 1.68. The monoisotopic (exact) mass is 222 g/mol. The van der Waals surface area contributed by atoms with Crippen LogP contribution in [0.2, 0.25) is 0 Å². The topological polar surface area (TPSA) is 83.8 Å². The predicted octanol–water partition coefficient (Wildman–Crippen LogP) is 0.360. The van der Waals surface area contributed by atoms with Crippen molar-refractivity contribution in [1.29, 1.82) is 0 Å². The Hall–Kier alpha value is -1.79. The minimum absolute atomic E-state index is 0.0258. The Morgan fingerprint density at radius 2 is 2.06 bits per heavy atom. The van der Waals surface area contributed by atoms with Crippen molar-refractivity contribution in [3.05, 3.63) is 42.0 Å². The summed E-state index contributed by atoms with van der Waals surface area (Å²) in [5, 5.41) is 17.0. The van der Waals surface area contributed by atoms with Gasteiger partial charge in [-0.2, -0.15) is 0 Å². The molecule has 0 unspecified atom stereocenters. The highest BCUT2D eigenvalue weighted by atomic mass is 16.4. The van der Waals surface area contributed by atoms with Crippen LogP contribution in [0.5, 0.6) is 0 Å². The molecule has 2 N–H and O–H groups in total. The fraction of sp³-hybridized carbons (Fsp3) is 0.100. The third-order valence-electron chi connectivity index (χ3n) is 1.68. The third kappa shape index (κ3) is 3.76. The molecular weight excluding hydrogens is 211 g/mol. The summed E-state index contributed by atoms with van der Waals surface area (Å²) in [4.78, 5) is 9.99. The van der Waals surface area contributed by atoms with E-state index in [-0.39, 0.29) is 11.4 Å². The molecule has 2 rings (SSSR count). The van der Waals surface area contributed by atoms with E-state index in [0.717, 1.165) is 5.76 Å². The van der Waals surface area contributed by atoms with Gasteiger partial charge in [0.15, 0.2) is 12.0 Å². The SMILES string of the molecule is Cc1ccco1.O=Cc1ccc(B(O)O)o1. The summed E-state index contributed by atoms with van der Waals surface area (Å²) in [5.74, 6) is 1.05. The summed E-state index contributed by atoms with van der Waals surface area (Å²) >= 11 is 0. The highest BCUT2D eigenvalue weighted by Crippen LogP contribution is 1.93. The average molecular weight is 222 g/mol. The van der Waals surface area contributed by atoms with E-state index in [1.165, 1.54) is 12.1 Å². The predicted molar refractivity (Wildman–Crippen MR) is 57.4 cm³/mol. The van der Waals surface area contributed by atoms with Gasteiger partial charge in [-0.25, -0.2) is 0 Å². The van der Waals surface area contributed by atoms with Crippen molar-refractivity contribution < 1.29 is 23.7 Å². The standard InChI is InChI=1S/C5H5BO4.C5H6O/c7-3-4-1-2-5(10-4)6(8)9;1-5-3-2-4-6-5/h1-3,8-9H;2-4H,1H3. The molecule has 5 nitrogen and oxygen atoms in total. The van der Waals surface area contributed by atoms with Crippen molar-refractivity contribution in [2.75, 3.05) is 0 Å². The van der Waals surface area contributed by atoms with E-state index in [1.54, 1.807) is 6.26 Å². The zero-order valence-corrected chi connectivity index (χ0v) is 8.66. The first kappa shape index (κ1) is 12.3. The van der Waals surface area contributed by atoms with Crippen LogP contribution in [-0.2, 0) is 0 Å². The largest absolute Gasteiger partial charge is 0.526 e. The first-order chi connectivity index (χ1) is 7.63. The Morgan fingerprint density at radius 1 is 1.31 bits per heavy atom. The number of rotatable bonds is 2. The van der Waals surface area contributed by atoms with E-state index in [1.807, 2.05) is 19.1 Å². The van der Waals surface area contributed by atoms with Gasteiger partial charge in [-0.15, -0.1) is 0 Å². The van der Waals surface area contributed by atoms with Gasteiger partial charge in [0.2, 0.25) is 0 Å². The van der Waals surface area contributed by atoms with Gasteiger partial charge in [-0.3, -0.25) is 4.79 Å². The van der Waals surface area contributed by atoms with Crippen LogP contribution in [-0.4, -0.2) is 23.5 Å². The molecule has 2 aromatic rings. The smallest absolute Gasteiger partial charge is 0.470 e. The van der Waals surface area contributed by atoms with Crippen LogP contribution >= 0.6 is 0 Å². The average Bonchev–Trinajstić information content (AvgIpc) is 2.88. The highest BCUT2D eigenvalue weighted by Gasteiger charge is 2.15. The van der Waals surface area contributed by atoms with Crippen LogP contribution in [0.1, 0.15) is 16.3 Å². The number of carbonyl (C=O) groups excluding carboxylic acids is 1. The van der Waals surface area contributed by atoms with Crippen LogP contribution in [0.15, 0.2) is 39.4 Å². The van der Waals surface area contributed by atoms with Crippen molar-refractivity contribution in [3.8, 4) is 0 Å². The van der Waals surface area contributed by atoms with Crippen LogP contribution in [0.25, 0.3) is 0 Å². The van der Waals surface area contributed by atoms with E-state index in [0.29, 0.717) is 6.29 Å². The fourth-order valence-electron chi connectivity index (χ4n) is 0.931. The Balaban J connectivity index is 0.000000181. The van der Waals surface area contributed by atoms with Crippen LogP contribution in [0.4, 0.5) is 0 Å². The fourth-order valence-corrected chi connectivity index (χ4v) is 0.931.